The number of imidazole rings is 1. The third kappa shape index (κ3) is 12.9. The minimum absolute atomic E-state index is 0.536. The van der Waals surface area contributed by atoms with E-state index in [1.165, 1.54) is 103 Å². The summed E-state index contributed by atoms with van der Waals surface area (Å²) in [6, 6.07) is 0.536. The van der Waals surface area contributed by atoms with Crippen LogP contribution in [0.3, 0.4) is 0 Å². The van der Waals surface area contributed by atoms with Crippen LogP contribution >= 0.6 is 15.9 Å². The largest absolute Gasteiger partial charge is 0.335 e. The second-order valence-electron chi connectivity index (χ2n) is 8.08. The summed E-state index contributed by atoms with van der Waals surface area (Å²) >= 11 is 3.87. The number of halogens is 1. The number of hydrogen-bond donors (Lipinski definition) is 0. The first-order valence-corrected chi connectivity index (χ1v) is 12.3. The molecule has 2 unspecified atom stereocenters. The van der Waals surface area contributed by atoms with Crippen molar-refractivity contribution in [2.24, 2.45) is 0 Å². The molecule has 0 bridgehead atoms. The van der Waals surface area contributed by atoms with Crippen molar-refractivity contribution in [1.82, 2.24) is 9.55 Å². The van der Waals surface area contributed by atoms with Crippen LogP contribution < -0.4 is 0 Å². The van der Waals surface area contributed by atoms with Crippen molar-refractivity contribution in [2.75, 3.05) is 0 Å². The van der Waals surface area contributed by atoms with Gasteiger partial charge >= 0.3 is 0 Å². The summed E-state index contributed by atoms with van der Waals surface area (Å²) in [6.07, 6.45) is 28.5. The molecule has 0 spiro atoms. The molecule has 3 heteroatoms. The summed E-state index contributed by atoms with van der Waals surface area (Å²) < 4.78 is 2.21. The molecular weight excluding hydrogens is 384 g/mol. The molecule has 1 rings (SSSR count). The average molecular weight is 428 g/mol. The van der Waals surface area contributed by atoms with Crippen LogP contribution in [0.15, 0.2) is 18.7 Å². The van der Waals surface area contributed by atoms with E-state index in [4.69, 9.17) is 0 Å². The molecule has 152 valence electrons. The first-order valence-electron chi connectivity index (χ1n) is 11.4. The lowest BCUT2D eigenvalue weighted by atomic mass is 10.0. The summed E-state index contributed by atoms with van der Waals surface area (Å²) in [6.45, 7) is 4.57. The Labute approximate surface area is 171 Å². The lowest BCUT2D eigenvalue weighted by molar-refractivity contribution is 0.476. The topological polar surface area (TPSA) is 17.8 Å². The normalized spacial score (nSPS) is 13.8. The first kappa shape index (κ1) is 23.7. The first-order chi connectivity index (χ1) is 12.7. The molecule has 1 aromatic heterocycles. The molecule has 0 fully saturated rings. The van der Waals surface area contributed by atoms with Crippen LogP contribution in [0, 0.1) is 0 Å². The highest BCUT2D eigenvalue weighted by atomic mass is 79.9. The number of aromatic nitrogens is 2. The number of alkyl halides is 1. The van der Waals surface area contributed by atoms with E-state index in [-0.39, 0.29) is 0 Å². The summed E-state index contributed by atoms with van der Waals surface area (Å²) in [5.41, 5.74) is 0. The zero-order valence-corrected chi connectivity index (χ0v) is 19.1. The van der Waals surface area contributed by atoms with Crippen LogP contribution in [0.5, 0.6) is 0 Å². The Bertz CT molecular complexity index is 391. The second kappa shape index (κ2) is 16.8. The fourth-order valence-corrected chi connectivity index (χ4v) is 4.56. The van der Waals surface area contributed by atoms with E-state index in [9.17, 15) is 0 Å². The van der Waals surface area contributed by atoms with Crippen LogP contribution in [0.25, 0.3) is 0 Å². The van der Waals surface area contributed by atoms with Crippen molar-refractivity contribution >= 4 is 15.9 Å². The zero-order chi connectivity index (χ0) is 18.9. The number of rotatable bonds is 18. The van der Waals surface area contributed by atoms with Gasteiger partial charge in [-0.1, -0.05) is 113 Å². The maximum atomic E-state index is 4.14. The Morgan fingerprint density at radius 2 is 1.31 bits per heavy atom. The molecule has 0 aliphatic heterocycles. The third-order valence-corrected chi connectivity index (χ3v) is 6.33. The average Bonchev–Trinajstić information content (AvgIpc) is 3.17. The monoisotopic (exact) mass is 426 g/mol. The van der Waals surface area contributed by atoms with Gasteiger partial charge in [-0.2, -0.15) is 0 Å². The Kier molecular flexibility index (Phi) is 15.4. The summed E-state index contributed by atoms with van der Waals surface area (Å²) in [5, 5.41) is 0. The molecular formula is C23H43BrN2. The summed E-state index contributed by atoms with van der Waals surface area (Å²) in [4.78, 5) is 4.78. The van der Waals surface area contributed by atoms with Gasteiger partial charge in [0.25, 0.3) is 0 Å². The molecule has 0 saturated heterocycles. The number of hydrogen-bond acceptors (Lipinski definition) is 1. The van der Waals surface area contributed by atoms with Crippen molar-refractivity contribution in [1.29, 1.82) is 0 Å². The van der Waals surface area contributed by atoms with Gasteiger partial charge in [0.15, 0.2) is 0 Å². The molecule has 1 heterocycles. The van der Waals surface area contributed by atoms with Gasteiger partial charge in [0.05, 0.1) is 6.33 Å². The lowest BCUT2D eigenvalue weighted by Gasteiger charge is -2.17. The van der Waals surface area contributed by atoms with E-state index >= 15 is 0 Å². The van der Waals surface area contributed by atoms with Gasteiger partial charge in [-0.15, -0.1) is 0 Å². The van der Waals surface area contributed by atoms with Crippen molar-refractivity contribution in [3.05, 3.63) is 18.7 Å². The number of unbranched alkanes of at least 4 members (excludes halogenated alkanes) is 13. The van der Waals surface area contributed by atoms with Gasteiger partial charge in [-0.3, -0.25) is 0 Å². The maximum Gasteiger partial charge on any atom is 0.0948 e. The predicted octanol–water partition coefficient (Wildman–Crippen LogP) is 8.47. The minimum Gasteiger partial charge on any atom is -0.335 e. The van der Waals surface area contributed by atoms with E-state index in [0.29, 0.717) is 10.9 Å². The third-order valence-electron chi connectivity index (χ3n) is 5.50. The zero-order valence-electron chi connectivity index (χ0n) is 17.5. The highest BCUT2D eigenvalue weighted by Gasteiger charge is 2.11. The molecule has 2 atom stereocenters. The Hall–Kier alpha value is -0.310. The molecule has 0 amide bonds. The highest BCUT2D eigenvalue weighted by Crippen LogP contribution is 2.22. The molecule has 1 aromatic rings. The van der Waals surface area contributed by atoms with Crippen molar-refractivity contribution in [3.8, 4) is 0 Å². The second-order valence-corrected chi connectivity index (χ2v) is 9.37. The van der Waals surface area contributed by atoms with Gasteiger partial charge in [0.1, 0.15) is 0 Å². The molecule has 0 aromatic carbocycles. The standard InChI is InChI=1S/C23H43BrN2/c1-3-4-5-6-7-8-9-10-11-12-13-14-15-16-17-23(24)20-22(2)26-19-18-25-21-26/h18-19,21-23H,3-17,20H2,1-2H3. The molecule has 0 aliphatic carbocycles. The molecule has 0 N–H and O–H groups in total. The lowest BCUT2D eigenvalue weighted by Crippen LogP contribution is -2.09. The molecule has 0 radical (unpaired) electrons. The van der Waals surface area contributed by atoms with E-state index in [2.05, 4.69) is 45.5 Å². The van der Waals surface area contributed by atoms with Gasteiger partial charge in [0, 0.05) is 23.3 Å². The van der Waals surface area contributed by atoms with Crippen LogP contribution in [0.4, 0.5) is 0 Å². The quantitative estimate of drug-likeness (QED) is 0.170. The Morgan fingerprint density at radius 3 is 1.77 bits per heavy atom. The van der Waals surface area contributed by atoms with Gasteiger partial charge in [0.2, 0.25) is 0 Å². The van der Waals surface area contributed by atoms with E-state index < -0.39 is 0 Å². The number of nitrogens with zero attached hydrogens (tertiary/aromatic N) is 2. The van der Waals surface area contributed by atoms with Crippen molar-refractivity contribution in [2.45, 2.75) is 127 Å². The van der Waals surface area contributed by atoms with E-state index in [1.807, 2.05) is 12.5 Å². The van der Waals surface area contributed by atoms with Crippen LogP contribution in [0.1, 0.15) is 123 Å². The SMILES string of the molecule is CCCCCCCCCCCCCCCCC(Br)CC(C)n1ccnc1. The van der Waals surface area contributed by atoms with Gasteiger partial charge < -0.3 is 4.57 Å². The fourth-order valence-electron chi connectivity index (χ4n) is 3.70. The maximum absolute atomic E-state index is 4.14. The molecule has 0 saturated carbocycles. The Morgan fingerprint density at radius 1 is 0.808 bits per heavy atom. The van der Waals surface area contributed by atoms with Crippen molar-refractivity contribution < 1.29 is 0 Å². The molecule has 2 nitrogen and oxygen atoms in total. The summed E-state index contributed by atoms with van der Waals surface area (Å²) in [5.74, 6) is 0. The van der Waals surface area contributed by atoms with Gasteiger partial charge in [-0.05, 0) is 19.8 Å². The smallest absolute Gasteiger partial charge is 0.0948 e. The van der Waals surface area contributed by atoms with Crippen LogP contribution in [-0.2, 0) is 0 Å². The minimum atomic E-state index is 0.536. The van der Waals surface area contributed by atoms with E-state index in [0.717, 1.165) is 0 Å². The Balaban J connectivity index is 1.80. The van der Waals surface area contributed by atoms with Crippen LogP contribution in [0.2, 0.25) is 0 Å². The summed E-state index contributed by atoms with van der Waals surface area (Å²) in [7, 11) is 0. The van der Waals surface area contributed by atoms with E-state index in [1.54, 1.807) is 0 Å². The predicted molar refractivity (Wildman–Crippen MR) is 119 cm³/mol. The van der Waals surface area contributed by atoms with Gasteiger partial charge in [-0.25, -0.2) is 4.98 Å². The van der Waals surface area contributed by atoms with Crippen LogP contribution in [-0.4, -0.2) is 14.4 Å². The molecule has 26 heavy (non-hydrogen) atoms. The molecule has 0 aliphatic rings. The van der Waals surface area contributed by atoms with Crippen molar-refractivity contribution in [3.63, 3.8) is 0 Å². The highest BCUT2D eigenvalue weighted by molar-refractivity contribution is 9.09. The fraction of sp³-hybridized carbons (Fsp3) is 0.870.